The molecular formula is C13H18FN. The number of benzene rings is 1. The van der Waals surface area contributed by atoms with Gasteiger partial charge in [0.1, 0.15) is 5.82 Å². The second kappa shape index (κ2) is 4.96. The number of rotatable bonds is 1. The third-order valence-corrected chi connectivity index (χ3v) is 2.33. The van der Waals surface area contributed by atoms with Gasteiger partial charge in [-0.1, -0.05) is 32.9 Å². The van der Waals surface area contributed by atoms with Crippen LogP contribution in [0.3, 0.4) is 0 Å². The topological polar surface area (TPSA) is 15.8 Å². The molecule has 2 aromatic rings. The lowest BCUT2D eigenvalue weighted by atomic mass is 10.1. The quantitative estimate of drug-likeness (QED) is 0.721. The number of H-pyrrole nitrogens is 1. The maximum atomic E-state index is 13.7. The van der Waals surface area contributed by atoms with Gasteiger partial charge in [-0.2, -0.15) is 0 Å². The predicted octanol–water partition coefficient (Wildman–Crippen LogP) is 4.20. The average Bonchev–Trinajstić information content (AvgIpc) is 2.63. The summed E-state index contributed by atoms with van der Waals surface area (Å²) in [6.07, 6.45) is 0.736. The van der Waals surface area contributed by atoms with E-state index < -0.39 is 0 Å². The summed E-state index contributed by atoms with van der Waals surface area (Å²) in [7, 11) is 0. The van der Waals surface area contributed by atoms with E-state index in [0.717, 1.165) is 23.1 Å². The molecule has 1 nitrogen and oxygen atoms in total. The number of aromatic nitrogens is 1. The van der Waals surface area contributed by atoms with Crippen molar-refractivity contribution in [1.82, 2.24) is 4.98 Å². The highest BCUT2D eigenvalue weighted by Gasteiger charge is 2.07. The molecule has 0 atom stereocenters. The fourth-order valence-corrected chi connectivity index (χ4v) is 1.62. The second-order valence-electron chi connectivity index (χ2n) is 3.31. The van der Waals surface area contributed by atoms with Crippen LogP contribution in [-0.2, 0) is 6.42 Å². The van der Waals surface area contributed by atoms with Crippen molar-refractivity contribution in [1.29, 1.82) is 0 Å². The Labute approximate surface area is 90.3 Å². The van der Waals surface area contributed by atoms with Crippen molar-refractivity contribution >= 4 is 10.9 Å². The van der Waals surface area contributed by atoms with Gasteiger partial charge < -0.3 is 4.98 Å². The van der Waals surface area contributed by atoms with Gasteiger partial charge in [-0.05, 0) is 25.0 Å². The fraction of sp³-hybridized carbons (Fsp3) is 0.385. The van der Waals surface area contributed by atoms with Gasteiger partial charge in [-0.15, -0.1) is 0 Å². The highest BCUT2D eigenvalue weighted by atomic mass is 19.1. The van der Waals surface area contributed by atoms with Gasteiger partial charge in [-0.3, -0.25) is 0 Å². The fourth-order valence-electron chi connectivity index (χ4n) is 1.62. The first kappa shape index (κ1) is 11.8. The first-order chi connectivity index (χ1) is 7.22. The Hall–Kier alpha value is -1.31. The normalized spacial score (nSPS) is 9.93. The molecule has 0 amide bonds. The van der Waals surface area contributed by atoms with Crippen molar-refractivity contribution in [2.24, 2.45) is 0 Å². The highest BCUT2D eigenvalue weighted by molar-refractivity contribution is 5.81. The lowest BCUT2D eigenvalue weighted by molar-refractivity contribution is 0.621. The molecule has 1 aromatic carbocycles. The molecule has 1 heterocycles. The van der Waals surface area contributed by atoms with Crippen LogP contribution in [0, 0.1) is 12.7 Å². The van der Waals surface area contributed by atoms with Crippen LogP contribution in [0.15, 0.2) is 18.2 Å². The zero-order valence-electron chi connectivity index (χ0n) is 9.82. The van der Waals surface area contributed by atoms with E-state index in [4.69, 9.17) is 0 Å². The van der Waals surface area contributed by atoms with E-state index in [1.807, 2.05) is 45.9 Å². The Morgan fingerprint density at radius 1 is 1.27 bits per heavy atom. The standard InChI is InChI=1S/C11H12FN.C2H6/c1-3-8-4-5-9-6-7(2)13-11(9)10(8)12;1-2/h4-6,13H,3H2,1-2H3;1-2H3. The summed E-state index contributed by atoms with van der Waals surface area (Å²) in [5.41, 5.74) is 2.41. The van der Waals surface area contributed by atoms with Crippen LogP contribution >= 0.6 is 0 Å². The van der Waals surface area contributed by atoms with Crippen LogP contribution in [0.2, 0.25) is 0 Å². The number of hydrogen-bond donors (Lipinski definition) is 1. The lowest BCUT2D eigenvalue weighted by Gasteiger charge is -1.99. The van der Waals surface area contributed by atoms with Gasteiger partial charge in [0, 0.05) is 11.1 Å². The van der Waals surface area contributed by atoms with Crippen molar-refractivity contribution in [2.45, 2.75) is 34.1 Å². The summed E-state index contributed by atoms with van der Waals surface area (Å²) in [6.45, 7) is 7.89. The van der Waals surface area contributed by atoms with E-state index in [1.165, 1.54) is 0 Å². The Morgan fingerprint density at radius 3 is 2.53 bits per heavy atom. The molecular weight excluding hydrogens is 189 g/mol. The summed E-state index contributed by atoms with van der Waals surface area (Å²) in [6, 6.07) is 5.77. The van der Waals surface area contributed by atoms with Crippen molar-refractivity contribution in [2.75, 3.05) is 0 Å². The number of nitrogens with one attached hydrogen (secondary N) is 1. The Bertz CT molecular complexity index is 443. The van der Waals surface area contributed by atoms with Gasteiger partial charge in [0.2, 0.25) is 0 Å². The van der Waals surface area contributed by atoms with E-state index in [2.05, 4.69) is 4.98 Å². The van der Waals surface area contributed by atoms with Crippen molar-refractivity contribution in [3.63, 3.8) is 0 Å². The van der Waals surface area contributed by atoms with E-state index in [1.54, 1.807) is 0 Å². The van der Waals surface area contributed by atoms with E-state index in [9.17, 15) is 4.39 Å². The van der Waals surface area contributed by atoms with Crippen LogP contribution in [-0.4, -0.2) is 4.98 Å². The first-order valence-electron chi connectivity index (χ1n) is 5.49. The Balaban J connectivity index is 0.000000531. The molecule has 82 valence electrons. The molecule has 0 saturated carbocycles. The maximum Gasteiger partial charge on any atom is 0.150 e. The minimum absolute atomic E-state index is 0.104. The molecule has 0 spiro atoms. The van der Waals surface area contributed by atoms with Gasteiger partial charge in [0.05, 0.1) is 5.52 Å². The highest BCUT2D eigenvalue weighted by Crippen LogP contribution is 2.21. The number of halogens is 1. The molecule has 0 aliphatic carbocycles. The molecule has 0 radical (unpaired) electrons. The van der Waals surface area contributed by atoms with E-state index >= 15 is 0 Å². The largest absolute Gasteiger partial charge is 0.356 e. The van der Waals surface area contributed by atoms with E-state index in [-0.39, 0.29) is 5.82 Å². The molecule has 15 heavy (non-hydrogen) atoms. The Kier molecular flexibility index (Phi) is 3.89. The molecule has 1 N–H and O–H groups in total. The summed E-state index contributed by atoms with van der Waals surface area (Å²) >= 11 is 0. The number of hydrogen-bond acceptors (Lipinski definition) is 0. The average molecular weight is 207 g/mol. The van der Waals surface area contributed by atoms with Gasteiger partial charge >= 0.3 is 0 Å². The minimum atomic E-state index is -0.104. The molecule has 0 bridgehead atoms. The Morgan fingerprint density at radius 2 is 1.93 bits per heavy atom. The summed E-state index contributed by atoms with van der Waals surface area (Å²) in [4.78, 5) is 3.03. The number of aromatic amines is 1. The van der Waals surface area contributed by atoms with Crippen LogP contribution in [0.5, 0.6) is 0 Å². The maximum absolute atomic E-state index is 13.7. The third-order valence-electron chi connectivity index (χ3n) is 2.33. The van der Waals surface area contributed by atoms with Crippen molar-refractivity contribution < 1.29 is 4.39 Å². The first-order valence-corrected chi connectivity index (χ1v) is 5.49. The van der Waals surface area contributed by atoms with Crippen molar-refractivity contribution in [3.8, 4) is 0 Å². The van der Waals surface area contributed by atoms with Crippen LogP contribution in [0.4, 0.5) is 4.39 Å². The molecule has 0 fully saturated rings. The second-order valence-corrected chi connectivity index (χ2v) is 3.31. The molecule has 0 aliphatic heterocycles. The summed E-state index contributed by atoms with van der Waals surface area (Å²) < 4.78 is 13.7. The molecule has 0 unspecified atom stereocenters. The van der Waals surface area contributed by atoms with Gasteiger partial charge in [0.15, 0.2) is 0 Å². The van der Waals surface area contributed by atoms with Gasteiger partial charge in [-0.25, -0.2) is 4.39 Å². The van der Waals surface area contributed by atoms with Crippen LogP contribution < -0.4 is 0 Å². The molecule has 1 aromatic heterocycles. The molecule has 2 rings (SSSR count). The van der Waals surface area contributed by atoms with Crippen molar-refractivity contribution in [3.05, 3.63) is 35.3 Å². The summed E-state index contributed by atoms with van der Waals surface area (Å²) in [5.74, 6) is -0.104. The molecule has 0 saturated heterocycles. The smallest absolute Gasteiger partial charge is 0.150 e. The monoisotopic (exact) mass is 207 g/mol. The van der Waals surface area contributed by atoms with E-state index in [0.29, 0.717) is 5.52 Å². The zero-order chi connectivity index (χ0) is 11.4. The number of fused-ring (bicyclic) bond motifs is 1. The zero-order valence-corrected chi connectivity index (χ0v) is 9.82. The molecule has 2 heteroatoms. The number of aryl methyl sites for hydroxylation is 2. The SMILES string of the molecule is CC.CCc1ccc2cc(C)[nH]c2c1F. The minimum Gasteiger partial charge on any atom is -0.356 e. The predicted molar refractivity (Wildman–Crippen MR) is 63.7 cm³/mol. The third kappa shape index (κ3) is 2.20. The van der Waals surface area contributed by atoms with Gasteiger partial charge in [0.25, 0.3) is 0 Å². The molecule has 0 aliphatic rings. The van der Waals surface area contributed by atoms with Crippen LogP contribution in [0.1, 0.15) is 32.0 Å². The van der Waals surface area contributed by atoms with Crippen LogP contribution in [0.25, 0.3) is 10.9 Å². The lowest BCUT2D eigenvalue weighted by Crippen LogP contribution is -1.88. The summed E-state index contributed by atoms with van der Waals surface area (Å²) in [5, 5.41) is 0.951.